The average Bonchev–Trinajstić information content (AvgIpc) is 1.86. The maximum absolute atomic E-state index is 3.74. The molecule has 0 amide bonds. The van der Waals surface area contributed by atoms with Crippen LogP contribution in [0.25, 0.3) is 0 Å². The van der Waals surface area contributed by atoms with Gasteiger partial charge in [0, 0.05) is 6.54 Å². The van der Waals surface area contributed by atoms with Crippen molar-refractivity contribution >= 4 is 0 Å². The lowest BCUT2D eigenvalue weighted by molar-refractivity contribution is 0.912. The summed E-state index contributed by atoms with van der Waals surface area (Å²) in [6.07, 6.45) is 1.12. The Morgan fingerprint density at radius 1 is 1.83 bits per heavy atom. The second kappa shape index (κ2) is 1.43. The summed E-state index contributed by atoms with van der Waals surface area (Å²) in [7, 11) is 0. The molecule has 1 aliphatic heterocycles. The summed E-state index contributed by atoms with van der Waals surface area (Å²) in [6, 6.07) is 0. The molecule has 1 nitrogen and oxygen atoms in total. The average molecular weight is 82.1 g/mol. The predicted molar refractivity (Wildman–Crippen MR) is 26.1 cm³/mol. The summed E-state index contributed by atoms with van der Waals surface area (Å²) in [6.45, 7) is 6.78. The molecular formula is C5H8N. The molecule has 0 aromatic carbocycles. The summed E-state index contributed by atoms with van der Waals surface area (Å²) in [5.41, 5.74) is 1.22. The number of hydrogen-bond donors (Lipinski definition) is 1. The van der Waals surface area contributed by atoms with Crippen LogP contribution in [0, 0.1) is 6.54 Å². The van der Waals surface area contributed by atoms with E-state index >= 15 is 0 Å². The molecule has 0 saturated carbocycles. The molecule has 0 aliphatic carbocycles. The van der Waals surface area contributed by atoms with Crippen molar-refractivity contribution in [3.05, 3.63) is 18.7 Å². The molecule has 0 bridgehead atoms. The second-order valence-corrected chi connectivity index (χ2v) is 1.51. The van der Waals surface area contributed by atoms with Crippen LogP contribution in [0.4, 0.5) is 0 Å². The van der Waals surface area contributed by atoms with Crippen LogP contribution >= 0.6 is 0 Å². The van der Waals surface area contributed by atoms with Crippen molar-refractivity contribution in [1.82, 2.24) is 5.32 Å². The first-order valence-corrected chi connectivity index (χ1v) is 2.14. The quantitative estimate of drug-likeness (QED) is 0.453. The van der Waals surface area contributed by atoms with Crippen molar-refractivity contribution < 1.29 is 0 Å². The van der Waals surface area contributed by atoms with Gasteiger partial charge in [0.1, 0.15) is 0 Å². The molecule has 1 heteroatoms. The molecule has 0 spiro atoms. The molecule has 33 valence electrons. The number of nitrogens with one attached hydrogen (secondary N) is 1. The van der Waals surface area contributed by atoms with E-state index in [1.165, 1.54) is 5.57 Å². The van der Waals surface area contributed by atoms with Crippen LogP contribution in [0.3, 0.4) is 0 Å². The molecule has 6 heavy (non-hydrogen) atoms. The minimum Gasteiger partial charge on any atom is -0.308 e. The van der Waals surface area contributed by atoms with Crippen LogP contribution in [0.1, 0.15) is 6.42 Å². The van der Waals surface area contributed by atoms with Crippen LogP contribution in [0.15, 0.2) is 12.2 Å². The van der Waals surface area contributed by atoms with Crippen molar-refractivity contribution in [3.63, 3.8) is 0 Å². The van der Waals surface area contributed by atoms with E-state index in [4.69, 9.17) is 0 Å². The molecule has 1 rings (SSSR count). The highest BCUT2D eigenvalue weighted by molar-refractivity contribution is 5.11. The van der Waals surface area contributed by atoms with Gasteiger partial charge in [-0.15, -0.1) is 0 Å². The van der Waals surface area contributed by atoms with Gasteiger partial charge in [-0.2, -0.15) is 0 Å². The van der Waals surface area contributed by atoms with Crippen LogP contribution in [0.5, 0.6) is 0 Å². The van der Waals surface area contributed by atoms with Gasteiger partial charge >= 0.3 is 0 Å². The summed E-state index contributed by atoms with van der Waals surface area (Å²) in [5.74, 6) is 0. The fourth-order valence-electron chi connectivity index (χ4n) is 0.521. The van der Waals surface area contributed by atoms with Gasteiger partial charge in [-0.1, -0.05) is 12.2 Å². The molecule has 0 aromatic rings. The maximum atomic E-state index is 3.74. The fourth-order valence-corrected chi connectivity index (χ4v) is 0.521. The van der Waals surface area contributed by atoms with E-state index < -0.39 is 0 Å². The van der Waals surface area contributed by atoms with Crippen molar-refractivity contribution in [2.75, 3.05) is 6.54 Å². The minimum absolute atomic E-state index is 1.08. The molecule has 0 aromatic heterocycles. The van der Waals surface area contributed by atoms with Crippen molar-refractivity contribution in [2.24, 2.45) is 0 Å². The van der Waals surface area contributed by atoms with Gasteiger partial charge in [0.25, 0.3) is 0 Å². The van der Waals surface area contributed by atoms with Crippen molar-refractivity contribution in [3.8, 4) is 0 Å². The first-order valence-electron chi connectivity index (χ1n) is 2.14. The Labute approximate surface area is 38.1 Å². The van der Waals surface area contributed by atoms with Gasteiger partial charge in [-0.3, -0.25) is 0 Å². The zero-order valence-corrected chi connectivity index (χ0v) is 3.70. The fraction of sp³-hybridized carbons (Fsp3) is 0.400. The molecule has 1 fully saturated rings. The Hall–Kier alpha value is -0.300. The highest BCUT2D eigenvalue weighted by Gasteiger charge is 2.00. The van der Waals surface area contributed by atoms with E-state index in [9.17, 15) is 0 Å². The predicted octanol–water partition coefficient (Wildman–Crippen LogP) is 0.698. The third-order valence-electron chi connectivity index (χ3n) is 0.897. The Morgan fingerprint density at radius 3 is 2.83 bits per heavy atom. The van der Waals surface area contributed by atoms with Crippen LogP contribution in [-0.4, -0.2) is 6.54 Å². The van der Waals surface area contributed by atoms with E-state index in [0.717, 1.165) is 13.0 Å². The normalized spacial score (nSPS) is 22.3. The zero-order valence-electron chi connectivity index (χ0n) is 3.70. The summed E-state index contributed by atoms with van der Waals surface area (Å²) < 4.78 is 0. The first kappa shape index (κ1) is 3.88. The molecule has 1 N–H and O–H groups in total. The third-order valence-corrected chi connectivity index (χ3v) is 0.897. The first-order chi connectivity index (χ1) is 2.89. The Kier molecular flexibility index (Phi) is 0.926. The molecule has 1 aliphatic rings. The number of rotatable bonds is 0. The Morgan fingerprint density at radius 2 is 2.67 bits per heavy atom. The molecule has 0 unspecified atom stereocenters. The third kappa shape index (κ3) is 0.601. The molecule has 1 heterocycles. The SMILES string of the molecule is C=C1[CH]NCC1. The molecule has 1 radical (unpaired) electrons. The van der Waals surface area contributed by atoms with Crippen molar-refractivity contribution in [2.45, 2.75) is 6.42 Å². The number of hydrogen-bond acceptors (Lipinski definition) is 1. The molecule has 1 saturated heterocycles. The van der Waals surface area contributed by atoms with Crippen LogP contribution < -0.4 is 5.32 Å². The Balaban J connectivity index is 2.37. The molecule has 0 atom stereocenters. The van der Waals surface area contributed by atoms with E-state index in [-0.39, 0.29) is 0 Å². The Bertz CT molecular complexity index is 58.3. The zero-order chi connectivity index (χ0) is 4.41. The van der Waals surface area contributed by atoms with E-state index in [1.54, 1.807) is 0 Å². The lowest BCUT2D eigenvalue weighted by atomic mass is 10.3. The summed E-state index contributed by atoms with van der Waals surface area (Å²) in [4.78, 5) is 0. The van der Waals surface area contributed by atoms with Gasteiger partial charge in [-0.05, 0) is 13.0 Å². The topological polar surface area (TPSA) is 12.0 Å². The van der Waals surface area contributed by atoms with Gasteiger partial charge in [-0.25, -0.2) is 0 Å². The lowest BCUT2D eigenvalue weighted by Crippen LogP contribution is -1.98. The minimum atomic E-state index is 1.08. The van der Waals surface area contributed by atoms with Crippen LogP contribution in [0.2, 0.25) is 0 Å². The van der Waals surface area contributed by atoms with Crippen molar-refractivity contribution in [1.29, 1.82) is 0 Å². The monoisotopic (exact) mass is 82.1 g/mol. The van der Waals surface area contributed by atoms with Gasteiger partial charge in [0.15, 0.2) is 0 Å². The smallest absolute Gasteiger partial charge is 0.0472 e. The van der Waals surface area contributed by atoms with Crippen LogP contribution in [-0.2, 0) is 0 Å². The van der Waals surface area contributed by atoms with Gasteiger partial charge in [0.2, 0.25) is 0 Å². The summed E-state index contributed by atoms with van der Waals surface area (Å²) in [5, 5.41) is 3.05. The molecular weight excluding hydrogens is 74.1 g/mol. The van der Waals surface area contributed by atoms with E-state index in [0.29, 0.717) is 0 Å². The highest BCUT2D eigenvalue weighted by Crippen LogP contribution is 2.04. The second-order valence-electron chi connectivity index (χ2n) is 1.51. The van der Waals surface area contributed by atoms with E-state index in [2.05, 4.69) is 11.9 Å². The van der Waals surface area contributed by atoms with E-state index in [1.807, 2.05) is 6.54 Å². The maximum Gasteiger partial charge on any atom is 0.0472 e. The van der Waals surface area contributed by atoms with Gasteiger partial charge < -0.3 is 5.32 Å². The standard InChI is InChI=1S/C5H8N/c1-5-2-3-6-4-5/h4,6H,1-3H2. The largest absolute Gasteiger partial charge is 0.308 e. The lowest BCUT2D eigenvalue weighted by Gasteiger charge is -1.79. The highest BCUT2D eigenvalue weighted by atomic mass is 14.9. The summed E-state index contributed by atoms with van der Waals surface area (Å²) >= 11 is 0. The van der Waals surface area contributed by atoms with Gasteiger partial charge in [0.05, 0.1) is 0 Å².